The number of fused-ring (bicyclic) bond motifs is 3. The number of ether oxygens (including phenoxy) is 2. The van der Waals surface area contributed by atoms with Crippen LogP contribution in [0.4, 0.5) is 0 Å². The molecule has 3 amide bonds. The number of carbonyl (C=O) groups is 5. The van der Waals surface area contributed by atoms with Crippen LogP contribution in [0.2, 0.25) is 0 Å². The highest BCUT2D eigenvalue weighted by Gasteiger charge is 2.54. The molecular weight excluding hydrogens is 1220 g/mol. The van der Waals surface area contributed by atoms with E-state index in [1.165, 1.54) is 114 Å². The molecule has 0 spiro atoms. The van der Waals surface area contributed by atoms with E-state index in [1.807, 2.05) is 107 Å². The topological polar surface area (TPSA) is 193 Å². The van der Waals surface area contributed by atoms with E-state index in [0.29, 0.717) is 79.7 Å². The van der Waals surface area contributed by atoms with Gasteiger partial charge in [0.25, 0.3) is 17.7 Å². The Morgan fingerprint density at radius 1 is 0.500 bits per heavy atom. The Labute approximate surface area is 580 Å². The summed E-state index contributed by atoms with van der Waals surface area (Å²) in [6.45, 7) is 15.8. The lowest BCUT2D eigenvalue weighted by Gasteiger charge is -2.59. The summed E-state index contributed by atoms with van der Waals surface area (Å²) >= 11 is 0. The Balaban J connectivity index is 0.000000126. The number of nitrogens with zero attached hydrogens (tertiary/aromatic N) is 6. The summed E-state index contributed by atoms with van der Waals surface area (Å²) in [7, 11) is 0. The van der Waals surface area contributed by atoms with Crippen LogP contribution in [0.15, 0.2) is 91.0 Å². The molecule has 3 aromatic carbocycles. The van der Waals surface area contributed by atoms with Crippen molar-refractivity contribution < 1.29 is 33.4 Å². The molecule has 522 valence electrons. The van der Waals surface area contributed by atoms with Crippen molar-refractivity contribution in [3.63, 3.8) is 0 Å². The number of carbonyl (C=O) groups excluding carboxylic acids is 5. The second-order valence-corrected chi connectivity index (χ2v) is 32.8. The maximum Gasteiger partial charge on any atom is 0.309 e. The molecule has 12 aliphatic carbocycles. The van der Waals surface area contributed by atoms with Crippen molar-refractivity contribution in [2.75, 3.05) is 13.2 Å². The van der Waals surface area contributed by atoms with Crippen molar-refractivity contribution in [2.45, 2.75) is 227 Å². The van der Waals surface area contributed by atoms with Gasteiger partial charge in [-0.3, -0.25) is 24.0 Å². The third-order valence-electron chi connectivity index (χ3n) is 25.5. The predicted molar refractivity (Wildman–Crippen MR) is 379 cm³/mol. The highest BCUT2D eigenvalue weighted by Crippen LogP contribution is 2.61. The van der Waals surface area contributed by atoms with Gasteiger partial charge in [0.05, 0.1) is 42.1 Å². The molecule has 9 fully saturated rings. The number of rotatable bonds is 15. The summed E-state index contributed by atoms with van der Waals surface area (Å²) in [6.07, 6.45) is 27.7. The van der Waals surface area contributed by atoms with Crippen molar-refractivity contribution in [2.24, 2.45) is 75.9 Å². The third kappa shape index (κ3) is 14.0. The molecule has 18 rings (SSSR count). The molecule has 0 saturated heterocycles. The van der Waals surface area contributed by atoms with Gasteiger partial charge in [-0.25, -0.2) is 14.0 Å². The molecule has 12 aliphatic rings. The Bertz CT molecular complexity index is 3770. The molecule has 3 N–H and O–H groups in total. The van der Waals surface area contributed by atoms with Crippen molar-refractivity contribution in [1.29, 1.82) is 0 Å². The summed E-state index contributed by atoms with van der Waals surface area (Å²) < 4.78 is 16.5. The number of esters is 2. The molecule has 6 aromatic rings. The third-order valence-corrected chi connectivity index (χ3v) is 25.5. The highest BCUT2D eigenvalue weighted by molar-refractivity contribution is 5.96. The van der Waals surface area contributed by atoms with E-state index >= 15 is 0 Å². The monoisotopic (exact) mass is 1330 g/mol. The highest BCUT2D eigenvalue weighted by atomic mass is 16.5. The van der Waals surface area contributed by atoms with E-state index in [9.17, 15) is 24.0 Å². The maximum absolute atomic E-state index is 13.8. The number of hydrogen-bond donors (Lipinski definition) is 3. The number of amides is 3. The zero-order valence-corrected chi connectivity index (χ0v) is 59.4. The summed E-state index contributed by atoms with van der Waals surface area (Å²) in [5.41, 5.74) is 11.4. The van der Waals surface area contributed by atoms with Gasteiger partial charge in [-0.1, -0.05) is 94.6 Å². The van der Waals surface area contributed by atoms with E-state index in [1.54, 1.807) is 0 Å². The van der Waals surface area contributed by atoms with Crippen LogP contribution in [-0.4, -0.2) is 90.3 Å². The predicted octanol–water partition coefficient (Wildman–Crippen LogP) is 14.7. The van der Waals surface area contributed by atoms with Gasteiger partial charge in [-0.2, -0.15) is 15.3 Å². The molecule has 0 aliphatic heterocycles. The zero-order chi connectivity index (χ0) is 68.0. The molecule has 8 bridgehead atoms. The average molecular weight is 1330 g/mol. The lowest BCUT2D eigenvalue weighted by atomic mass is 9.48. The fourth-order valence-electron chi connectivity index (χ4n) is 20.9. The maximum atomic E-state index is 13.8. The second-order valence-electron chi connectivity index (χ2n) is 32.8. The molecule has 5 atom stereocenters. The van der Waals surface area contributed by atoms with Gasteiger partial charge in [0.15, 0.2) is 17.1 Å². The second kappa shape index (κ2) is 28.7. The van der Waals surface area contributed by atoms with E-state index in [0.717, 1.165) is 101 Å². The lowest BCUT2D eigenvalue weighted by molar-refractivity contribution is -0.149. The molecule has 0 radical (unpaired) electrons. The van der Waals surface area contributed by atoms with Gasteiger partial charge in [-0.05, 0) is 269 Å². The van der Waals surface area contributed by atoms with Gasteiger partial charge in [0.1, 0.15) is 0 Å². The van der Waals surface area contributed by atoms with E-state index in [2.05, 4.69) is 62.7 Å². The minimum Gasteiger partial charge on any atom is -0.466 e. The molecule has 3 aromatic heterocycles. The average Bonchev–Trinajstić information content (AvgIpc) is 1.00. The van der Waals surface area contributed by atoms with Crippen LogP contribution in [0.5, 0.6) is 0 Å². The molecule has 4 unspecified atom stereocenters. The molecule has 3 heterocycles. The van der Waals surface area contributed by atoms with E-state index in [4.69, 9.17) is 24.8 Å². The molecule has 16 nitrogen and oxygen atoms in total. The Morgan fingerprint density at radius 2 is 0.898 bits per heavy atom. The summed E-state index contributed by atoms with van der Waals surface area (Å²) in [5.74, 6) is 5.76. The van der Waals surface area contributed by atoms with Gasteiger partial charge in [0.2, 0.25) is 0 Å². The first-order valence-electron chi connectivity index (χ1n) is 38.1. The molecule has 9 saturated carbocycles. The first-order valence-corrected chi connectivity index (χ1v) is 38.1. The molecular formula is C82H107N9O7. The van der Waals surface area contributed by atoms with Crippen LogP contribution >= 0.6 is 0 Å². The van der Waals surface area contributed by atoms with Gasteiger partial charge in [-0.15, -0.1) is 0 Å². The Kier molecular flexibility index (Phi) is 19.9. The van der Waals surface area contributed by atoms with E-state index < -0.39 is 0 Å². The van der Waals surface area contributed by atoms with Crippen molar-refractivity contribution >= 4 is 29.7 Å². The normalized spacial score (nSPS) is 28.5. The first-order chi connectivity index (χ1) is 47.4. The standard InChI is InChI=1S/C29H37N3O3.C27H33N3O3.C26H37N3O/c1-3-35-28(34)22-9-10-25-24(14-22)26(31-32(25)23-7-5-4-6-8-23)27(33)30-18(2)29-15-19-11-20(16-29)13-21(12-19)17-29;1-2-33-27(32)18-8-9-23-22(15-18)25(29-30(23)21-6-4-3-5-7-21)26(31)28-24-19-11-16-10-17(13-19)14-20(24)12-16;1-18(19-11-7-5-8-12-19)27-25(30)24-22-17-20(26(2,3)4)15-16-23(22)29(28-24)21-13-9-6-10-14-21/h4-8,18-22H,3,9-17H2,1-2H3,(H,30,33);3-7,16-20,24H,2,8-15H2,1H3,(H,28,31);6,9-10,13-14,18-20H,5,7-8,11-12,15-17H2,1-4H3,(H,27,30)/t;;18-,20?/m..1/s1. The van der Waals surface area contributed by atoms with Crippen LogP contribution in [0.25, 0.3) is 17.1 Å². The number of para-hydroxylation sites is 3. The number of hydrogen-bond acceptors (Lipinski definition) is 10. The van der Waals surface area contributed by atoms with E-state index in [-0.39, 0.29) is 70.5 Å². The minimum atomic E-state index is -0.219. The van der Waals surface area contributed by atoms with Gasteiger partial charge < -0.3 is 25.4 Å². The number of aromatic nitrogens is 6. The summed E-state index contributed by atoms with van der Waals surface area (Å²) in [4.78, 5) is 65.9. The van der Waals surface area contributed by atoms with Crippen molar-refractivity contribution in [3.8, 4) is 17.1 Å². The number of nitrogens with one attached hydrogen (secondary N) is 3. The SMILES string of the molecule is CCOC(=O)C1CCc2c(c(C(=O)NC(C)C34CC5CC(CC(C5)C3)C4)nn2-c2ccccc2)C1.CCOC(=O)C1CCc2c(c(C(=O)NC3C4CC5CC(C4)CC3C5)nn2-c2ccccc2)C1.C[C@@H](NC(=O)c1nn(-c2ccccc2)c2c1CC(C(C)(C)C)CC2)C1CCCCC1. The van der Waals surface area contributed by atoms with Crippen LogP contribution in [0, 0.1) is 75.9 Å². The Morgan fingerprint density at radius 3 is 1.33 bits per heavy atom. The summed E-state index contributed by atoms with van der Waals surface area (Å²) in [5, 5.41) is 24.7. The lowest BCUT2D eigenvalue weighted by Crippen LogP contribution is -2.56. The van der Waals surface area contributed by atoms with Gasteiger partial charge in [0, 0.05) is 51.9 Å². The first kappa shape index (κ1) is 67.8. The summed E-state index contributed by atoms with van der Waals surface area (Å²) in [6, 6.07) is 30.9. The van der Waals surface area contributed by atoms with Gasteiger partial charge >= 0.3 is 11.9 Å². The molecule has 16 heteroatoms. The van der Waals surface area contributed by atoms with Crippen LogP contribution in [0.1, 0.15) is 236 Å². The fraction of sp³-hybridized carbons (Fsp3) is 0.610. The largest absolute Gasteiger partial charge is 0.466 e. The molecule has 98 heavy (non-hydrogen) atoms. The zero-order valence-electron chi connectivity index (χ0n) is 59.4. The van der Waals surface area contributed by atoms with Crippen LogP contribution in [0.3, 0.4) is 0 Å². The van der Waals surface area contributed by atoms with Crippen molar-refractivity contribution in [3.05, 3.63) is 142 Å². The Hall–Kier alpha value is -7.36. The number of benzene rings is 3. The van der Waals surface area contributed by atoms with Crippen LogP contribution in [-0.2, 0) is 57.6 Å². The minimum absolute atomic E-state index is 0.00793. The quantitative estimate of drug-likeness (QED) is 0.0833. The van der Waals surface area contributed by atoms with Crippen LogP contribution < -0.4 is 16.0 Å². The fourth-order valence-corrected chi connectivity index (χ4v) is 20.9. The smallest absolute Gasteiger partial charge is 0.309 e. The van der Waals surface area contributed by atoms with Crippen molar-refractivity contribution in [1.82, 2.24) is 45.3 Å².